The number of rotatable bonds is 6. The number of amides is 2. The molecule has 0 bridgehead atoms. The van der Waals surface area contributed by atoms with Gasteiger partial charge in [-0.2, -0.15) is 4.98 Å². The lowest BCUT2D eigenvalue weighted by atomic mass is 9.87. The van der Waals surface area contributed by atoms with Crippen molar-refractivity contribution in [1.29, 1.82) is 0 Å². The predicted molar refractivity (Wildman–Crippen MR) is 153 cm³/mol. The Balaban J connectivity index is 1.70. The van der Waals surface area contributed by atoms with Gasteiger partial charge in [0.05, 0.1) is 41.4 Å². The Kier molecular flexibility index (Phi) is 6.39. The number of ether oxygens (including phenoxy) is 2. The average Bonchev–Trinajstić information content (AvgIpc) is 3.54. The third kappa shape index (κ3) is 3.79. The van der Waals surface area contributed by atoms with Gasteiger partial charge in [-0.15, -0.1) is 0 Å². The molecule has 1 aromatic carbocycles. The van der Waals surface area contributed by atoms with E-state index in [9.17, 15) is 9.59 Å². The second kappa shape index (κ2) is 9.71. The highest BCUT2D eigenvalue weighted by molar-refractivity contribution is 6.32. The largest absolute Gasteiger partial charge is 0.480 e. The Morgan fingerprint density at radius 1 is 1.07 bits per heavy atom. The molecule has 1 N–H and O–H groups in total. The summed E-state index contributed by atoms with van der Waals surface area (Å²) < 4.78 is 12.9. The third-order valence-corrected chi connectivity index (χ3v) is 7.61. The number of halogens is 2. The topological polar surface area (TPSA) is 124 Å². The third-order valence-electron chi connectivity index (χ3n) is 7.17. The molecule has 13 heteroatoms. The maximum Gasteiger partial charge on any atom is 0.319 e. The summed E-state index contributed by atoms with van der Waals surface area (Å²) in [6.45, 7) is 7.83. The molecule has 6 rings (SSSR count). The standard InChI is InChI=1S/C28H25Cl2N7O4/c1-6-41-27-32-12-17(24(35-27)40-5)23-34-21-22(36(23)13(2)3)28(18-8-7-15(29)9-19(18)33-26(28)39)37(25(21)38)20-10-16(30)11-31-14(20)4/h7-13H,6H2,1-5H3,(H,33,39)/t28-/m0/s1. The summed E-state index contributed by atoms with van der Waals surface area (Å²) in [7, 11) is 1.48. The number of benzene rings is 1. The number of fused-ring (bicyclic) bond motifs is 4. The molecule has 4 aromatic rings. The quantitative estimate of drug-likeness (QED) is 0.323. The lowest BCUT2D eigenvalue weighted by Crippen LogP contribution is -2.51. The van der Waals surface area contributed by atoms with Crippen molar-refractivity contribution in [2.75, 3.05) is 23.9 Å². The van der Waals surface area contributed by atoms with Crippen molar-refractivity contribution in [2.45, 2.75) is 39.3 Å². The van der Waals surface area contributed by atoms with Gasteiger partial charge in [0.25, 0.3) is 11.8 Å². The number of pyridine rings is 1. The summed E-state index contributed by atoms with van der Waals surface area (Å²) in [5, 5.41) is 3.70. The van der Waals surface area contributed by atoms with Crippen molar-refractivity contribution in [1.82, 2.24) is 24.5 Å². The van der Waals surface area contributed by atoms with Gasteiger partial charge in [0.15, 0.2) is 11.2 Å². The molecule has 11 nitrogen and oxygen atoms in total. The number of hydrogen-bond acceptors (Lipinski definition) is 8. The van der Waals surface area contributed by atoms with E-state index in [1.165, 1.54) is 24.4 Å². The van der Waals surface area contributed by atoms with Gasteiger partial charge in [0.2, 0.25) is 5.88 Å². The van der Waals surface area contributed by atoms with Gasteiger partial charge in [-0.05, 0) is 45.9 Å². The number of nitrogens with one attached hydrogen (secondary N) is 1. The minimum atomic E-state index is -1.64. The molecule has 0 saturated carbocycles. The first kappa shape index (κ1) is 27.0. The van der Waals surface area contributed by atoms with Gasteiger partial charge in [0, 0.05) is 34.7 Å². The summed E-state index contributed by atoms with van der Waals surface area (Å²) in [5.41, 5.74) is 1.21. The zero-order chi connectivity index (χ0) is 29.2. The Hall–Kier alpha value is -4.22. The molecule has 1 spiro atoms. The highest BCUT2D eigenvalue weighted by atomic mass is 35.5. The number of carbonyl (C=O) groups is 2. The molecule has 2 aliphatic heterocycles. The van der Waals surface area contributed by atoms with Crippen molar-refractivity contribution in [3.8, 4) is 23.3 Å². The second-order valence-electron chi connectivity index (χ2n) is 9.86. The Morgan fingerprint density at radius 2 is 1.85 bits per heavy atom. The fourth-order valence-corrected chi connectivity index (χ4v) is 5.91. The van der Waals surface area contributed by atoms with E-state index in [0.717, 1.165) is 0 Å². The average molecular weight is 594 g/mol. The predicted octanol–water partition coefficient (Wildman–Crippen LogP) is 5.19. The first-order chi connectivity index (χ1) is 19.6. The smallest absolute Gasteiger partial charge is 0.319 e. The van der Waals surface area contributed by atoms with Gasteiger partial charge < -0.3 is 19.4 Å². The van der Waals surface area contributed by atoms with E-state index in [1.807, 2.05) is 25.3 Å². The van der Waals surface area contributed by atoms with Crippen LogP contribution < -0.4 is 19.7 Å². The molecule has 2 aliphatic rings. The Morgan fingerprint density at radius 3 is 2.56 bits per heavy atom. The van der Waals surface area contributed by atoms with Crippen LogP contribution in [0, 0.1) is 6.92 Å². The molecule has 1 atom stereocenters. The van der Waals surface area contributed by atoms with Crippen LogP contribution >= 0.6 is 23.2 Å². The monoisotopic (exact) mass is 593 g/mol. The number of hydrogen-bond donors (Lipinski definition) is 1. The van der Waals surface area contributed by atoms with E-state index in [0.29, 0.717) is 56.4 Å². The zero-order valence-electron chi connectivity index (χ0n) is 22.8. The van der Waals surface area contributed by atoms with Gasteiger partial charge in [-0.1, -0.05) is 29.3 Å². The summed E-state index contributed by atoms with van der Waals surface area (Å²) in [5.74, 6) is -0.347. The van der Waals surface area contributed by atoms with Crippen LogP contribution in [0.2, 0.25) is 10.0 Å². The first-order valence-corrected chi connectivity index (χ1v) is 13.6. The molecule has 41 heavy (non-hydrogen) atoms. The van der Waals surface area contributed by atoms with Crippen molar-refractivity contribution in [2.24, 2.45) is 0 Å². The van der Waals surface area contributed by atoms with Crippen molar-refractivity contribution in [3.05, 3.63) is 69.3 Å². The molecule has 0 unspecified atom stereocenters. The zero-order valence-corrected chi connectivity index (χ0v) is 24.3. The number of nitrogens with zero attached hydrogens (tertiary/aromatic N) is 6. The number of anilines is 2. The fraction of sp³-hybridized carbons (Fsp3) is 0.286. The van der Waals surface area contributed by atoms with Crippen LogP contribution in [0.15, 0.2) is 36.7 Å². The summed E-state index contributed by atoms with van der Waals surface area (Å²) in [4.78, 5) is 48.1. The number of aromatic nitrogens is 5. The van der Waals surface area contributed by atoms with Crippen LogP contribution in [0.4, 0.5) is 11.4 Å². The number of aryl methyl sites for hydroxylation is 1. The minimum absolute atomic E-state index is 0.0990. The molecule has 0 aliphatic carbocycles. The number of carbonyl (C=O) groups excluding carboxylic acids is 2. The Labute approximate surface area is 245 Å². The van der Waals surface area contributed by atoms with E-state index in [1.54, 1.807) is 31.2 Å². The highest BCUT2D eigenvalue weighted by Crippen LogP contribution is 2.55. The summed E-state index contributed by atoms with van der Waals surface area (Å²) in [6, 6.07) is 6.60. The normalized spacial score (nSPS) is 17.3. The maximum absolute atomic E-state index is 14.4. The second-order valence-corrected chi connectivity index (χ2v) is 10.7. The lowest BCUT2D eigenvalue weighted by molar-refractivity contribution is -0.119. The maximum atomic E-state index is 14.4. The fourth-order valence-electron chi connectivity index (χ4n) is 5.58. The van der Waals surface area contributed by atoms with E-state index in [2.05, 4.69) is 20.3 Å². The van der Waals surface area contributed by atoms with Crippen LogP contribution in [0.3, 0.4) is 0 Å². The highest BCUT2D eigenvalue weighted by Gasteiger charge is 2.64. The molecule has 2 amide bonds. The van der Waals surface area contributed by atoms with Gasteiger partial charge in [0.1, 0.15) is 5.82 Å². The summed E-state index contributed by atoms with van der Waals surface area (Å²) >= 11 is 12.7. The molecular weight excluding hydrogens is 569 g/mol. The van der Waals surface area contributed by atoms with E-state index >= 15 is 0 Å². The molecule has 210 valence electrons. The SMILES string of the molecule is CCOc1ncc(-c2nc3c(n2C(C)C)[C@@]2(C(=O)Nc4cc(Cl)ccc42)N(c2cc(Cl)cnc2C)C3=O)c(OC)n1. The van der Waals surface area contributed by atoms with E-state index in [4.69, 9.17) is 37.7 Å². The summed E-state index contributed by atoms with van der Waals surface area (Å²) in [6.07, 6.45) is 3.03. The van der Waals surface area contributed by atoms with Gasteiger partial charge in [-0.25, -0.2) is 9.97 Å². The van der Waals surface area contributed by atoms with Crippen LogP contribution in [-0.4, -0.2) is 50.0 Å². The molecule has 3 aromatic heterocycles. The molecule has 0 radical (unpaired) electrons. The van der Waals surface area contributed by atoms with Crippen molar-refractivity contribution >= 4 is 46.4 Å². The number of methoxy groups -OCH3 is 1. The van der Waals surface area contributed by atoms with Crippen molar-refractivity contribution < 1.29 is 19.1 Å². The Bertz CT molecular complexity index is 1760. The number of imidazole rings is 1. The molecule has 0 saturated heterocycles. The molecule has 5 heterocycles. The van der Waals surface area contributed by atoms with Crippen LogP contribution in [0.5, 0.6) is 11.9 Å². The van der Waals surface area contributed by atoms with Crippen LogP contribution in [0.1, 0.15) is 54.3 Å². The van der Waals surface area contributed by atoms with Crippen LogP contribution in [-0.2, 0) is 10.3 Å². The molecular formula is C28H25Cl2N7O4. The van der Waals surface area contributed by atoms with Gasteiger partial charge >= 0.3 is 6.01 Å². The molecule has 0 fully saturated rings. The first-order valence-electron chi connectivity index (χ1n) is 12.9. The minimum Gasteiger partial charge on any atom is -0.480 e. The van der Waals surface area contributed by atoms with Crippen LogP contribution in [0.25, 0.3) is 11.4 Å². The van der Waals surface area contributed by atoms with Gasteiger partial charge in [-0.3, -0.25) is 19.5 Å². The van der Waals surface area contributed by atoms with E-state index in [-0.39, 0.29) is 23.6 Å². The lowest BCUT2D eigenvalue weighted by Gasteiger charge is -2.36. The van der Waals surface area contributed by atoms with E-state index < -0.39 is 17.4 Å². The van der Waals surface area contributed by atoms with Crippen molar-refractivity contribution in [3.63, 3.8) is 0 Å².